The lowest BCUT2D eigenvalue weighted by Crippen LogP contribution is -2.40. The van der Waals surface area contributed by atoms with Gasteiger partial charge in [0, 0.05) is 18.2 Å². The molecule has 0 radical (unpaired) electrons. The number of hydrogen-bond acceptors (Lipinski definition) is 4. The molecular weight excluding hydrogens is 374 g/mol. The number of benzene rings is 2. The molecule has 0 aromatic heterocycles. The van der Waals surface area contributed by atoms with E-state index < -0.39 is 9.84 Å². The number of rotatable bonds is 7. The molecule has 5 nitrogen and oxygen atoms in total. The van der Waals surface area contributed by atoms with Gasteiger partial charge in [0.05, 0.1) is 18.1 Å². The molecule has 6 heteroatoms. The minimum absolute atomic E-state index is 0.0289. The molecule has 1 heterocycles. The van der Waals surface area contributed by atoms with E-state index in [0.717, 1.165) is 11.3 Å². The van der Waals surface area contributed by atoms with Gasteiger partial charge in [-0.1, -0.05) is 44.2 Å². The minimum Gasteiger partial charge on any atom is -0.493 e. The number of amides is 1. The summed E-state index contributed by atoms with van der Waals surface area (Å²) in [5.74, 6) is 1.16. The van der Waals surface area contributed by atoms with Gasteiger partial charge in [-0.05, 0) is 42.2 Å². The van der Waals surface area contributed by atoms with E-state index in [1.807, 2.05) is 30.3 Å². The first-order valence-electron chi connectivity index (χ1n) is 9.62. The summed E-state index contributed by atoms with van der Waals surface area (Å²) in [6, 6.07) is 16.5. The van der Waals surface area contributed by atoms with Crippen LogP contribution in [0.25, 0.3) is 0 Å². The summed E-state index contributed by atoms with van der Waals surface area (Å²) in [6.07, 6.45) is 0.483. The molecule has 0 unspecified atom stereocenters. The lowest BCUT2D eigenvalue weighted by atomic mass is 10.1. The van der Waals surface area contributed by atoms with Gasteiger partial charge >= 0.3 is 0 Å². The zero-order chi connectivity index (χ0) is 20.1. The second-order valence-electron chi connectivity index (χ2n) is 7.70. The maximum absolute atomic E-state index is 13.2. The molecule has 0 spiro atoms. The summed E-state index contributed by atoms with van der Waals surface area (Å²) in [7, 11) is -3.08. The Labute approximate surface area is 167 Å². The summed E-state index contributed by atoms with van der Waals surface area (Å²) in [5, 5.41) is 0. The molecule has 3 rings (SSSR count). The van der Waals surface area contributed by atoms with Gasteiger partial charge in [-0.3, -0.25) is 4.79 Å². The van der Waals surface area contributed by atoms with Crippen molar-refractivity contribution in [1.82, 2.24) is 4.90 Å². The van der Waals surface area contributed by atoms with Gasteiger partial charge < -0.3 is 9.64 Å². The van der Waals surface area contributed by atoms with E-state index in [0.29, 0.717) is 31.1 Å². The van der Waals surface area contributed by atoms with Crippen LogP contribution in [0.1, 0.15) is 36.2 Å². The molecule has 28 heavy (non-hydrogen) atoms. The molecule has 1 aliphatic rings. The van der Waals surface area contributed by atoms with Crippen LogP contribution in [0.3, 0.4) is 0 Å². The maximum atomic E-state index is 13.2. The molecule has 0 aliphatic carbocycles. The normalized spacial score (nSPS) is 18.2. The van der Waals surface area contributed by atoms with E-state index in [1.54, 1.807) is 29.2 Å². The van der Waals surface area contributed by atoms with Crippen LogP contribution < -0.4 is 4.74 Å². The van der Waals surface area contributed by atoms with Crippen molar-refractivity contribution < 1.29 is 17.9 Å². The van der Waals surface area contributed by atoms with Crippen molar-refractivity contribution in [2.24, 2.45) is 5.92 Å². The van der Waals surface area contributed by atoms with Crippen LogP contribution in [0.15, 0.2) is 54.6 Å². The fraction of sp³-hybridized carbons (Fsp3) is 0.409. The molecule has 2 aromatic carbocycles. The number of carbonyl (C=O) groups is 1. The van der Waals surface area contributed by atoms with E-state index in [1.165, 1.54) is 0 Å². The fourth-order valence-corrected chi connectivity index (χ4v) is 5.02. The number of nitrogens with zero attached hydrogens (tertiary/aromatic N) is 1. The van der Waals surface area contributed by atoms with Crippen molar-refractivity contribution in [2.75, 3.05) is 18.1 Å². The summed E-state index contributed by atoms with van der Waals surface area (Å²) < 4.78 is 29.6. The zero-order valence-electron chi connectivity index (χ0n) is 16.4. The maximum Gasteiger partial charge on any atom is 0.254 e. The smallest absolute Gasteiger partial charge is 0.254 e. The molecule has 150 valence electrons. The molecule has 0 bridgehead atoms. The highest BCUT2D eigenvalue weighted by atomic mass is 32.2. The Morgan fingerprint density at radius 2 is 1.79 bits per heavy atom. The Bertz CT molecular complexity index is 892. The average Bonchev–Trinajstić information content (AvgIpc) is 3.04. The van der Waals surface area contributed by atoms with Crippen molar-refractivity contribution in [3.8, 4) is 5.75 Å². The third kappa shape index (κ3) is 5.35. The number of sulfone groups is 1. The first-order valence-corrected chi connectivity index (χ1v) is 11.4. The van der Waals surface area contributed by atoms with Crippen molar-refractivity contribution in [1.29, 1.82) is 0 Å². The Kier molecular flexibility index (Phi) is 6.39. The summed E-state index contributed by atoms with van der Waals surface area (Å²) in [4.78, 5) is 14.9. The van der Waals surface area contributed by atoms with Gasteiger partial charge in [-0.2, -0.15) is 0 Å². The SMILES string of the molecule is CC(C)COc1ccc(C(=O)N(Cc2ccccc2)[C@H]2CCS(=O)(=O)C2)cc1. The predicted octanol–water partition coefficient (Wildman–Crippen LogP) is 3.55. The van der Waals surface area contributed by atoms with E-state index in [-0.39, 0.29) is 23.5 Å². The number of hydrogen-bond donors (Lipinski definition) is 0. The monoisotopic (exact) mass is 401 g/mol. The van der Waals surface area contributed by atoms with Crippen LogP contribution in [0, 0.1) is 5.92 Å². The van der Waals surface area contributed by atoms with E-state index in [9.17, 15) is 13.2 Å². The molecule has 0 N–H and O–H groups in total. The third-order valence-corrected chi connectivity index (χ3v) is 6.54. The quantitative estimate of drug-likeness (QED) is 0.712. The fourth-order valence-electron chi connectivity index (χ4n) is 3.29. The van der Waals surface area contributed by atoms with Gasteiger partial charge in [0.1, 0.15) is 5.75 Å². The molecule has 1 aliphatic heterocycles. The minimum atomic E-state index is -3.08. The first-order chi connectivity index (χ1) is 13.3. The van der Waals surface area contributed by atoms with Crippen molar-refractivity contribution in [3.05, 3.63) is 65.7 Å². The Hall–Kier alpha value is -2.34. The van der Waals surface area contributed by atoms with Crippen molar-refractivity contribution >= 4 is 15.7 Å². The Balaban J connectivity index is 1.79. The van der Waals surface area contributed by atoms with Crippen LogP contribution in [0.5, 0.6) is 5.75 Å². The van der Waals surface area contributed by atoms with E-state index >= 15 is 0 Å². The third-order valence-electron chi connectivity index (χ3n) is 4.79. The van der Waals surface area contributed by atoms with Crippen LogP contribution in [-0.2, 0) is 16.4 Å². The second kappa shape index (κ2) is 8.78. The van der Waals surface area contributed by atoms with Gasteiger partial charge in [0.2, 0.25) is 0 Å². The van der Waals surface area contributed by atoms with E-state index in [4.69, 9.17) is 4.74 Å². The van der Waals surface area contributed by atoms with Crippen LogP contribution >= 0.6 is 0 Å². The van der Waals surface area contributed by atoms with E-state index in [2.05, 4.69) is 13.8 Å². The average molecular weight is 402 g/mol. The molecule has 1 amide bonds. The molecule has 2 aromatic rings. The van der Waals surface area contributed by atoms with Crippen LogP contribution in [0.4, 0.5) is 0 Å². The Morgan fingerprint density at radius 1 is 1.11 bits per heavy atom. The highest BCUT2D eigenvalue weighted by Crippen LogP contribution is 2.23. The highest BCUT2D eigenvalue weighted by Gasteiger charge is 2.35. The van der Waals surface area contributed by atoms with Crippen LogP contribution in [-0.4, -0.2) is 43.4 Å². The molecule has 0 saturated carbocycles. The van der Waals surface area contributed by atoms with Crippen LogP contribution in [0.2, 0.25) is 0 Å². The first kappa shape index (κ1) is 20.4. The molecule has 1 atom stereocenters. The summed E-state index contributed by atoms with van der Waals surface area (Å²) in [5.41, 5.74) is 1.52. The molecule has 1 fully saturated rings. The number of ether oxygens (including phenoxy) is 1. The molecule has 1 saturated heterocycles. The molecular formula is C22H27NO4S. The van der Waals surface area contributed by atoms with Gasteiger partial charge in [0.15, 0.2) is 9.84 Å². The lowest BCUT2D eigenvalue weighted by molar-refractivity contribution is 0.0681. The van der Waals surface area contributed by atoms with Crippen molar-refractivity contribution in [2.45, 2.75) is 32.9 Å². The summed E-state index contributed by atoms with van der Waals surface area (Å²) >= 11 is 0. The second-order valence-corrected chi connectivity index (χ2v) is 9.93. The predicted molar refractivity (Wildman–Crippen MR) is 110 cm³/mol. The van der Waals surface area contributed by atoms with Gasteiger partial charge in [-0.15, -0.1) is 0 Å². The topological polar surface area (TPSA) is 63.7 Å². The van der Waals surface area contributed by atoms with Gasteiger partial charge in [-0.25, -0.2) is 8.42 Å². The largest absolute Gasteiger partial charge is 0.493 e. The standard InChI is InChI=1S/C22H27NO4S/c1-17(2)15-27-21-10-8-19(9-11-21)22(24)23(14-18-6-4-3-5-7-18)20-12-13-28(25,26)16-20/h3-11,17,20H,12-16H2,1-2H3/t20-/m0/s1. The van der Waals surface area contributed by atoms with Crippen molar-refractivity contribution in [3.63, 3.8) is 0 Å². The van der Waals surface area contributed by atoms with Gasteiger partial charge in [0.25, 0.3) is 5.91 Å². The Morgan fingerprint density at radius 3 is 2.36 bits per heavy atom. The zero-order valence-corrected chi connectivity index (χ0v) is 17.2. The summed E-state index contributed by atoms with van der Waals surface area (Å²) in [6.45, 7) is 5.17. The highest BCUT2D eigenvalue weighted by molar-refractivity contribution is 7.91. The lowest BCUT2D eigenvalue weighted by Gasteiger charge is -2.28. The number of carbonyl (C=O) groups excluding carboxylic acids is 1.